The minimum atomic E-state index is -3.91. The first-order chi connectivity index (χ1) is 16.4. The Bertz CT molecular complexity index is 1280. The van der Waals surface area contributed by atoms with Crippen LogP contribution in [0.2, 0.25) is 10.0 Å². The Labute approximate surface area is 213 Å². The third kappa shape index (κ3) is 7.23. The molecule has 3 rings (SSSR count). The van der Waals surface area contributed by atoms with Crippen LogP contribution in [0.5, 0.6) is 0 Å². The summed E-state index contributed by atoms with van der Waals surface area (Å²) in [5.74, 6) is 0. The van der Waals surface area contributed by atoms with Crippen LogP contribution in [0.15, 0.2) is 46.7 Å². The van der Waals surface area contributed by atoms with Crippen LogP contribution in [0, 0.1) is 5.41 Å². The molecule has 0 radical (unpaired) electrons. The highest BCUT2D eigenvalue weighted by Gasteiger charge is 2.30. The lowest BCUT2D eigenvalue weighted by Gasteiger charge is -2.30. The Morgan fingerprint density at radius 2 is 1.97 bits per heavy atom. The number of rotatable bonds is 9. The second-order valence-electron chi connectivity index (χ2n) is 8.90. The first-order valence-electron chi connectivity index (χ1n) is 10.6. The van der Waals surface area contributed by atoms with E-state index in [4.69, 9.17) is 27.9 Å². The van der Waals surface area contributed by atoms with Gasteiger partial charge in [-0.2, -0.15) is 13.1 Å². The maximum absolute atomic E-state index is 12.5. The molecule has 1 aliphatic heterocycles. The number of nitrogens with zero attached hydrogens (tertiary/aromatic N) is 3. The average Bonchev–Trinajstić information content (AvgIpc) is 3.17. The van der Waals surface area contributed by atoms with Crippen molar-refractivity contribution in [3.05, 3.63) is 51.8 Å². The first kappa shape index (κ1) is 27.1. The highest BCUT2D eigenvalue weighted by Crippen LogP contribution is 2.29. The van der Waals surface area contributed by atoms with Gasteiger partial charge in [0, 0.05) is 18.5 Å². The molecule has 2 atom stereocenters. The van der Waals surface area contributed by atoms with E-state index in [0.717, 1.165) is 5.52 Å². The number of carbonyl (C=O) groups excluding carboxylic acids is 1. The van der Waals surface area contributed by atoms with Crippen molar-refractivity contribution in [3.63, 3.8) is 0 Å². The van der Waals surface area contributed by atoms with Gasteiger partial charge in [0.15, 0.2) is 6.21 Å². The van der Waals surface area contributed by atoms with E-state index in [0.29, 0.717) is 22.1 Å². The average molecular weight is 543 g/mol. The summed E-state index contributed by atoms with van der Waals surface area (Å²) in [7, 11) is -3.91. The van der Waals surface area contributed by atoms with Crippen molar-refractivity contribution >= 4 is 56.6 Å². The van der Waals surface area contributed by atoms with E-state index in [1.807, 2.05) is 25.3 Å². The van der Waals surface area contributed by atoms with Crippen LogP contribution in [-0.4, -0.2) is 60.7 Å². The third-order valence-electron chi connectivity index (χ3n) is 5.09. The van der Waals surface area contributed by atoms with Gasteiger partial charge in [-0.25, -0.2) is 9.78 Å². The number of halogens is 2. The number of hydrogen-bond acceptors (Lipinski definition) is 7. The number of alkyl carbamates (subject to hydrolysis) is 1. The van der Waals surface area contributed by atoms with Crippen LogP contribution >= 0.6 is 23.2 Å². The van der Waals surface area contributed by atoms with Gasteiger partial charge in [-0.1, -0.05) is 49.0 Å². The molecule has 0 saturated heterocycles. The highest BCUT2D eigenvalue weighted by molar-refractivity contribution is 7.93. The van der Waals surface area contributed by atoms with Crippen molar-refractivity contribution in [2.75, 3.05) is 13.1 Å². The molecular formula is C22H26Cl2N5O5S+. The SMILES string of the molecule is CC(C)(C)[C@@H](Cn1cnc2cc(Cl)c(Cl)cc21)OC(=O)NC[C@@H](O)CNS(=O)(=O)C1=CC=C[C+]=N1. The van der Waals surface area contributed by atoms with Crippen LogP contribution in [0.4, 0.5) is 4.79 Å². The van der Waals surface area contributed by atoms with E-state index < -0.39 is 33.7 Å². The number of hydrogen-bond donors (Lipinski definition) is 3. The van der Waals surface area contributed by atoms with E-state index >= 15 is 0 Å². The van der Waals surface area contributed by atoms with Gasteiger partial charge in [-0.05, 0) is 12.1 Å². The molecule has 1 aromatic heterocycles. The molecule has 10 nitrogen and oxygen atoms in total. The van der Waals surface area contributed by atoms with E-state index in [1.165, 1.54) is 18.2 Å². The summed E-state index contributed by atoms with van der Waals surface area (Å²) in [4.78, 5) is 20.4. The largest absolute Gasteiger partial charge is 0.444 e. The maximum Gasteiger partial charge on any atom is 0.407 e. The van der Waals surface area contributed by atoms with Gasteiger partial charge < -0.3 is 19.7 Å². The van der Waals surface area contributed by atoms with Gasteiger partial charge in [-0.15, -0.1) is 0 Å². The predicted octanol–water partition coefficient (Wildman–Crippen LogP) is 3.12. The van der Waals surface area contributed by atoms with Crippen LogP contribution in [-0.2, 0) is 21.3 Å². The molecule has 0 unspecified atom stereocenters. The molecule has 188 valence electrons. The summed E-state index contributed by atoms with van der Waals surface area (Å²) < 4.78 is 34.0. The molecule has 0 aliphatic carbocycles. The summed E-state index contributed by atoms with van der Waals surface area (Å²) in [6.45, 7) is 5.52. The zero-order valence-corrected chi connectivity index (χ0v) is 21.7. The van der Waals surface area contributed by atoms with Gasteiger partial charge in [0.25, 0.3) is 5.03 Å². The number of ether oxygens (including phenoxy) is 1. The number of nitrogens with one attached hydrogen (secondary N) is 2. The lowest BCUT2D eigenvalue weighted by atomic mass is 9.89. The normalized spacial score (nSPS) is 15.4. The van der Waals surface area contributed by atoms with Crippen molar-refractivity contribution in [2.24, 2.45) is 10.4 Å². The van der Waals surface area contributed by atoms with Gasteiger partial charge in [0.1, 0.15) is 12.2 Å². The van der Waals surface area contributed by atoms with Crippen molar-refractivity contribution < 1.29 is 23.1 Å². The minimum absolute atomic E-state index is 0.219. The first-order valence-corrected chi connectivity index (χ1v) is 12.9. The number of aromatic nitrogens is 2. The molecule has 0 bridgehead atoms. The number of amides is 1. The molecule has 2 aromatic rings. The lowest BCUT2D eigenvalue weighted by Crippen LogP contribution is -2.43. The lowest BCUT2D eigenvalue weighted by molar-refractivity contribution is 0.0194. The number of aliphatic hydroxyl groups is 1. The maximum atomic E-state index is 12.5. The fourth-order valence-corrected chi connectivity index (χ4v) is 4.36. The highest BCUT2D eigenvalue weighted by atomic mass is 35.5. The third-order valence-corrected chi connectivity index (χ3v) is 7.14. The Kier molecular flexibility index (Phi) is 8.53. The van der Waals surface area contributed by atoms with Gasteiger partial charge in [-0.3, -0.25) is 0 Å². The summed E-state index contributed by atoms with van der Waals surface area (Å²) in [5, 5.41) is 13.1. The quantitative estimate of drug-likeness (QED) is 0.416. The number of sulfonamides is 1. The number of fused-ring (bicyclic) bond motifs is 1. The summed E-state index contributed by atoms with van der Waals surface area (Å²) >= 11 is 12.2. The van der Waals surface area contributed by atoms with Gasteiger partial charge >= 0.3 is 16.1 Å². The summed E-state index contributed by atoms with van der Waals surface area (Å²) in [6.07, 6.45) is 5.80. The molecule has 0 spiro atoms. The second kappa shape index (κ2) is 11.0. The number of benzene rings is 1. The van der Waals surface area contributed by atoms with Crippen molar-refractivity contribution in [1.29, 1.82) is 0 Å². The standard InChI is InChI=1S/C22H25Cl2N5O5S/c1-22(2,3)19(12-29-13-27-17-8-15(23)16(24)9-18(17)29)34-21(31)26-10-14(30)11-28-35(32,33)20-6-4-5-7-25-20/h4-6,8-9,13-14,19,28,30H,10-12H2,1-3H3/p+1/t14-,19-/m1/s1. The van der Waals surface area contributed by atoms with Crippen LogP contribution in [0.1, 0.15) is 20.8 Å². The zero-order valence-electron chi connectivity index (χ0n) is 19.3. The van der Waals surface area contributed by atoms with Crippen molar-refractivity contribution in [2.45, 2.75) is 39.5 Å². The van der Waals surface area contributed by atoms with Gasteiger partial charge in [0.2, 0.25) is 0 Å². The molecule has 1 aliphatic rings. The Morgan fingerprint density at radius 1 is 1.26 bits per heavy atom. The predicted molar refractivity (Wildman–Crippen MR) is 135 cm³/mol. The number of carbonyl (C=O) groups is 1. The monoisotopic (exact) mass is 542 g/mol. The molecule has 3 N–H and O–H groups in total. The molecule has 2 heterocycles. The summed E-state index contributed by atoms with van der Waals surface area (Å²) in [6, 6.07) is 3.36. The van der Waals surface area contributed by atoms with Crippen molar-refractivity contribution in [1.82, 2.24) is 19.6 Å². The summed E-state index contributed by atoms with van der Waals surface area (Å²) in [5.41, 5.74) is 0.967. The van der Waals surface area contributed by atoms with Crippen LogP contribution in [0.3, 0.4) is 0 Å². The molecule has 0 saturated carbocycles. The van der Waals surface area contributed by atoms with Crippen molar-refractivity contribution in [3.8, 4) is 0 Å². The number of allylic oxidation sites excluding steroid dienone is 3. The van der Waals surface area contributed by atoms with E-state index in [-0.39, 0.29) is 18.1 Å². The number of imidazole rings is 1. The number of aliphatic imine (C=N–C) groups is 1. The molecule has 1 aromatic carbocycles. The molecular weight excluding hydrogens is 517 g/mol. The second-order valence-corrected chi connectivity index (χ2v) is 11.4. The van der Waals surface area contributed by atoms with E-state index in [2.05, 4.69) is 26.2 Å². The van der Waals surface area contributed by atoms with E-state index in [9.17, 15) is 18.3 Å². The smallest absolute Gasteiger partial charge is 0.407 e. The molecule has 35 heavy (non-hydrogen) atoms. The Morgan fingerprint density at radius 3 is 2.63 bits per heavy atom. The zero-order chi connectivity index (χ0) is 25.8. The molecule has 13 heteroatoms. The van der Waals surface area contributed by atoms with Crippen LogP contribution < -0.4 is 10.0 Å². The Balaban J connectivity index is 1.56. The van der Waals surface area contributed by atoms with E-state index in [1.54, 1.807) is 18.5 Å². The van der Waals surface area contributed by atoms with Gasteiger partial charge in [0.05, 0.1) is 52.2 Å². The fraction of sp³-hybridized carbons (Fsp3) is 0.409. The fourth-order valence-electron chi connectivity index (χ4n) is 3.05. The topological polar surface area (TPSA) is 135 Å². The minimum Gasteiger partial charge on any atom is -0.444 e. The Hall–Kier alpha value is -2.53. The number of aliphatic hydroxyl groups excluding tert-OH is 1. The molecule has 0 fully saturated rings. The molecule has 1 amide bonds. The van der Waals surface area contributed by atoms with Crippen LogP contribution in [0.25, 0.3) is 11.0 Å².